The van der Waals surface area contributed by atoms with Crippen molar-refractivity contribution in [3.05, 3.63) is 75.6 Å². The van der Waals surface area contributed by atoms with Crippen LogP contribution in [-0.4, -0.2) is 27.9 Å². The lowest BCUT2D eigenvalue weighted by atomic mass is 10.1. The van der Waals surface area contributed by atoms with E-state index in [-0.39, 0.29) is 17.3 Å². The molecule has 2 aromatic carbocycles. The SMILES string of the molecule is COc1ccccc1C(=O)NNc1ncnc(Oc2cc(C)cc(C)c2)c1[N+](=O)[O-]. The van der Waals surface area contributed by atoms with Crippen LogP contribution in [-0.2, 0) is 0 Å². The number of ether oxygens (including phenoxy) is 2. The van der Waals surface area contributed by atoms with Crippen LogP contribution in [0.4, 0.5) is 11.5 Å². The summed E-state index contributed by atoms with van der Waals surface area (Å²) in [5.74, 6) is -0.282. The topological polar surface area (TPSA) is 129 Å². The number of nitrogens with zero attached hydrogens (tertiary/aromatic N) is 3. The van der Waals surface area contributed by atoms with Gasteiger partial charge in [0.2, 0.25) is 5.82 Å². The van der Waals surface area contributed by atoms with Gasteiger partial charge in [0, 0.05) is 0 Å². The number of rotatable bonds is 7. The van der Waals surface area contributed by atoms with E-state index < -0.39 is 16.5 Å². The molecule has 0 spiro atoms. The molecule has 0 bridgehead atoms. The largest absolute Gasteiger partial charge is 0.496 e. The van der Waals surface area contributed by atoms with E-state index in [1.54, 1.807) is 36.4 Å². The molecule has 1 heterocycles. The molecule has 1 aromatic heterocycles. The minimum absolute atomic E-state index is 0.224. The third-order valence-corrected chi connectivity index (χ3v) is 4.03. The van der Waals surface area contributed by atoms with Crippen LogP contribution in [0.2, 0.25) is 0 Å². The molecule has 0 unspecified atom stereocenters. The molecule has 0 saturated heterocycles. The summed E-state index contributed by atoms with van der Waals surface area (Å²) in [6.45, 7) is 3.77. The number of hydrazine groups is 1. The van der Waals surface area contributed by atoms with Crippen LogP contribution in [0.25, 0.3) is 0 Å². The monoisotopic (exact) mass is 409 g/mol. The zero-order valence-electron chi connectivity index (χ0n) is 16.5. The molecule has 2 N–H and O–H groups in total. The number of nitrogens with one attached hydrogen (secondary N) is 2. The van der Waals surface area contributed by atoms with E-state index in [2.05, 4.69) is 20.8 Å². The molecule has 154 valence electrons. The van der Waals surface area contributed by atoms with Gasteiger partial charge in [-0.25, -0.2) is 4.98 Å². The maximum atomic E-state index is 12.4. The van der Waals surface area contributed by atoms with Crippen LogP contribution in [0.15, 0.2) is 48.8 Å². The average molecular weight is 409 g/mol. The Bertz CT molecular complexity index is 1080. The Kier molecular flexibility index (Phi) is 6.06. The molecule has 0 aliphatic rings. The fourth-order valence-electron chi connectivity index (χ4n) is 2.81. The van der Waals surface area contributed by atoms with E-state index >= 15 is 0 Å². The molecule has 0 fully saturated rings. The van der Waals surface area contributed by atoms with Gasteiger partial charge in [-0.15, -0.1) is 0 Å². The second-order valence-electron chi connectivity index (χ2n) is 6.34. The maximum Gasteiger partial charge on any atom is 0.374 e. The van der Waals surface area contributed by atoms with Gasteiger partial charge in [0.15, 0.2) is 0 Å². The van der Waals surface area contributed by atoms with Crippen molar-refractivity contribution in [2.75, 3.05) is 12.5 Å². The minimum atomic E-state index is -0.685. The van der Waals surface area contributed by atoms with Crippen molar-refractivity contribution in [1.82, 2.24) is 15.4 Å². The molecule has 3 aromatic rings. The van der Waals surface area contributed by atoms with Crippen molar-refractivity contribution in [1.29, 1.82) is 0 Å². The lowest BCUT2D eigenvalue weighted by Crippen LogP contribution is -2.30. The zero-order valence-corrected chi connectivity index (χ0v) is 16.5. The molecule has 1 amide bonds. The second-order valence-corrected chi connectivity index (χ2v) is 6.34. The van der Waals surface area contributed by atoms with Gasteiger partial charge in [-0.2, -0.15) is 4.98 Å². The molecule has 0 aliphatic heterocycles. The Morgan fingerprint density at radius 2 is 1.80 bits per heavy atom. The van der Waals surface area contributed by atoms with Gasteiger partial charge in [0.1, 0.15) is 17.8 Å². The fraction of sp³-hybridized carbons (Fsp3) is 0.150. The Hall–Kier alpha value is -4.21. The van der Waals surface area contributed by atoms with E-state index in [0.29, 0.717) is 11.5 Å². The Morgan fingerprint density at radius 3 is 2.47 bits per heavy atom. The first-order valence-electron chi connectivity index (χ1n) is 8.84. The highest BCUT2D eigenvalue weighted by Gasteiger charge is 2.26. The molecule has 10 heteroatoms. The number of carbonyl (C=O) groups is 1. The van der Waals surface area contributed by atoms with Crippen LogP contribution in [0.1, 0.15) is 21.5 Å². The summed E-state index contributed by atoms with van der Waals surface area (Å²) in [4.78, 5) is 31.1. The molecule has 0 radical (unpaired) electrons. The number of hydrogen-bond donors (Lipinski definition) is 2. The molecule has 0 saturated carbocycles. The molecule has 3 rings (SSSR count). The maximum absolute atomic E-state index is 12.4. The highest BCUT2D eigenvalue weighted by Crippen LogP contribution is 2.34. The number of aryl methyl sites for hydroxylation is 2. The Balaban J connectivity index is 1.86. The summed E-state index contributed by atoms with van der Waals surface area (Å²) in [5.41, 5.74) is 6.44. The molecule has 0 atom stereocenters. The highest BCUT2D eigenvalue weighted by atomic mass is 16.6. The number of para-hydroxylation sites is 1. The van der Waals surface area contributed by atoms with Gasteiger partial charge in [0.05, 0.1) is 17.6 Å². The Labute approximate surface area is 172 Å². The van der Waals surface area contributed by atoms with Gasteiger partial charge in [0.25, 0.3) is 5.91 Å². The number of hydrogen-bond acceptors (Lipinski definition) is 8. The lowest BCUT2D eigenvalue weighted by Gasteiger charge is -2.12. The third kappa shape index (κ3) is 4.61. The van der Waals surface area contributed by atoms with Crippen LogP contribution in [0.5, 0.6) is 17.4 Å². The molecule has 30 heavy (non-hydrogen) atoms. The first-order valence-corrected chi connectivity index (χ1v) is 8.84. The van der Waals surface area contributed by atoms with Crippen molar-refractivity contribution in [3.8, 4) is 17.4 Å². The van der Waals surface area contributed by atoms with Crippen molar-refractivity contribution in [3.63, 3.8) is 0 Å². The summed E-state index contributed by atoms with van der Waals surface area (Å²) in [6, 6.07) is 12.0. The number of nitro groups is 1. The summed E-state index contributed by atoms with van der Waals surface area (Å²) in [6.07, 6.45) is 1.10. The summed E-state index contributed by atoms with van der Waals surface area (Å²) >= 11 is 0. The van der Waals surface area contributed by atoms with E-state index in [9.17, 15) is 14.9 Å². The number of methoxy groups -OCH3 is 1. The summed E-state index contributed by atoms with van der Waals surface area (Å²) < 4.78 is 10.8. The molecule has 10 nitrogen and oxygen atoms in total. The van der Waals surface area contributed by atoms with Gasteiger partial charge < -0.3 is 9.47 Å². The molecular formula is C20H19N5O5. The van der Waals surface area contributed by atoms with Crippen LogP contribution in [0.3, 0.4) is 0 Å². The van der Waals surface area contributed by atoms with Crippen molar-refractivity contribution >= 4 is 17.4 Å². The summed E-state index contributed by atoms with van der Waals surface area (Å²) in [7, 11) is 1.44. The zero-order chi connectivity index (χ0) is 21.7. The number of carbonyl (C=O) groups excluding carboxylic acids is 1. The number of amides is 1. The lowest BCUT2D eigenvalue weighted by molar-refractivity contribution is -0.385. The van der Waals surface area contributed by atoms with Gasteiger partial charge in [-0.3, -0.25) is 25.8 Å². The number of aromatic nitrogens is 2. The summed E-state index contributed by atoms with van der Waals surface area (Å²) in [5, 5.41) is 11.7. The van der Waals surface area contributed by atoms with Gasteiger partial charge in [-0.05, 0) is 49.2 Å². The smallest absolute Gasteiger partial charge is 0.374 e. The third-order valence-electron chi connectivity index (χ3n) is 4.03. The molecule has 0 aliphatic carbocycles. The standard InChI is InChI=1S/C20H19N5O5/c1-12-8-13(2)10-14(9-12)30-20-17(25(27)28)18(21-11-22-20)23-24-19(26)15-6-4-5-7-16(15)29-3/h4-11H,1-3H3,(H,24,26)(H,21,22,23). The normalized spacial score (nSPS) is 10.2. The molecular weight excluding hydrogens is 390 g/mol. The van der Waals surface area contributed by atoms with E-state index in [4.69, 9.17) is 9.47 Å². The first-order chi connectivity index (χ1) is 14.4. The predicted molar refractivity (Wildman–Crippen MR) is 109 cm³/mol. The van der Waals surface area contributed by atoms with Gasteiger partial charge >= 0.3 is 11.6 Å². The van der Waals surface area contributed by atoms with E-state index in [1.165, 1.54) is 7.11 Å². The van der Waals surface area contributed by atoms with Gasteiger partial charge in [-0.1, -0.05) is 18.2 Å². The van der Waals surface area contributed by atoms with Crippen LogP contribution < -0.4 is 20.3 Å². The number of benzene rings is 2. The predicted octanol–water partition coefficient (Wildman–Crippen LogP) is 3.56. The first kappa shape index (κ1) is 20.5. The van der Waals surface area contributed by atoms with E-state index in [1.807, 2.05) is 19.9 Å². The number of anilines is 1. The minimum Gasteiger partial charge on any atom is -0.496 e. The van der Waals surface area contributed by atoms with Crippen molar-refractivity contribution in [2.45, 2.75) is 13.8 Å². The quantitative estimate of drug-likeness (QED) is 0.448. The van der Waals surface area contributed by atoms with Crippen molar-refractivity contribution in [2.24, 2.45) is 0 Å². The van der Waals surface area contributed by atoms with Crippen LogP contribution >= 0.6 is 0 Å². The van der Waals surface area contributed by atoms with E-state index in [0.717, 1.165) is 17.5 Å². The second kappa shape index (κ2) is 8.86. The fourth-order valence-corrected chi connectivity index (χ4v) is 2.81. The Morgan fingerprint density at radius 1 is 1.10 bits per heavy atom. The average Bonchev–Trinajstić information content (AvgIpc) is 2.71. The van der Waals surface area contributed by atoms with Crippen molar-refractivity contribution < 1.29 is 19.2 Å². The highest BCUT2D eigenvalue weighted by molar-refractivity contribution is 5.97. The van der Waals surface area contributed by atoms with Crippen LogP contribution in [0, 0.1) is 24.0 Å².